The number of aromatic nitrogens is 3. The van der Waals surface area contributed by atoms with E-state index in [0.29, 0.717) is 5.92 Å². The monoisotopic (exact) mass is 367 g/mol. The molecule has 142 valence electrons. The van der Waals surface area contributed by atoms with Crippen LogP contribution in [-0.4, -0.2) is 47.0 Å². The fourth-order valence-electron chi connectivity index (χ4n) is 4.06. The molecule has 0 saturated carbocycles. The Morgan fingerprint density at radius 1 is 1.30 bits per heavy atom. The summed E-state index contributed by atoms with van der Waals surface area (Å²) in [6, 6.07) is 8.90. The topological polar surface area (TPSA) is 48.1 Å². The number of hydrogen-bond acceptors (Lipinski definition) is 4. The Labute approximate surface area is 159 Å². The molecule has 1 saturated heterocycles. The molecule has 4 rings (SSSR count). The molecule has 1 atom stereocenters. The van der Waals surface area contributed by atoms with Crippen molar-refractivity contribution in [3.63, 3.8) is 0 Å². The van der Waals surface area contributed by atoms with Crippen molar-refractivity contribution in [2.75, 3.05) is 32.1 Å². The molecular formula is C21H26FN5. The number of aromatic amines is 1. The summed E-state index contributed by atoms with van der Waals surface area (Å²) < 4.78 is 13.4. The second-order valence-corrected chi connectivity index (χ2v) is 7.67. The Kier molecular flexibility index (Phi) is 5.07. The molecule has 6 heteroatoms. The highest BCUT2D eigenvalue weighted by atomic mass is 19.1. The van der Waals surface area contributed by atoms with Gasteiger partial charge in [-0.05, 0) is 49.6 Å². The Hall–Kier alpha value is -2.47. The fourth-order valence-corrected chi connectivity index (χ4v) is 4.06. The highest BCUT2D eigenvalue weighted by molar-refractivity contribution is 5.74. The summed E-state index contributed by atoms with van der Waals surface area (Å²) in [5.74, 6) is 2.33. The zero-order valence-corrected chi connectivity index (χ0v) is 16.0. The number of H-pyrrole nitrogens is 1. The maximum atomic E-state index is 13.4. The smallest absolute Gasteiger partial charge is 0.132 e. The molecule has 2 aromatic heterocycles. The van der Waals surface area contributed by atoms with Crippen LogP contribution in [0.5, 0.6) is 0 Å². The lowest BCUT2D eigenvalue weighted by Gasteiger charge is -2.33. The van der Waals surface area contributed by atoms with Crippen molar-refractivity contribution < 1.29 is 4.39 Å². The van der Waals surface area contributed by atoms with E-state index in [1.54, 1.807) is 6.07 Å². The average molecular weight is 367 g/mol. The molecule has 1 aromatic carbocycles. The largest absolute Gasteiger partial charge is 0.362 e. The van der Waals surface area contributed by atoms with Gasteiger partial charge in [-0.1, -0.05) is 6.07 Å². The van der Waals surface area contributed by atoms with Gasteiger partial charge in [-0.2, -0.15) is 0 Å². The molecule has 3 heterocycles. The highest BCUT2D eigenvalue weighted by Crippen LogP contribution is 2.24. The predicted molar refractivity (Wildman–Crippen MR) is 106 cm³/mol. The first-order valence-corrected chi connectivity index (χ1v) is 9.56. The molecule has 1 aliphatic rings. The molecule has 1 N–H and O–H groups in total. The quantitative estimate of drug-likeness (QED) is 0.748. The first kappa shape index (κ1) is 17.9. The Bertz CT molecular complexity index is 920. The van der Waals surface area contributed by atoms with Crippen molar-refractivity contribution >= 4 is 16.9 Å². The lowest BCUT2D eigenvalue weighted by atomic mass is 9.94. The van der Waals surface area contributed by atoms with Crippen LogP contribution < -0.4 is 4.90 Å². The van der Waals surface area contributed by atoms with Crippen molar-refractivity contribution in [2.24, 2.45) is 5.92 Å². The van der Waals surface area contributed by atoms with Gasteiger partial charge in [0.1, 0.15) is 17.5 Å². The van der Waals surface area contributed by atoms with Crippen LogP contribution in [0.2, 0.25) is 0 Å². The molecule has 27 heavy (non-hydrogen) atoms. The Morgan fingerprint density at radius 3 is 3.04 bits per heavy atom. The molecule has 1 fully saturated rings. The number of hydrogen-bond donors (Lipinski definition) is 1. The molecular weight excluding hydrogens is 341 g/mol. The minimum Gasteiger partial charge on any atom is -0.362 e. The summed E-state index contributed by atoms with van der Waals surface area (Å²) in [5, 5.41) is 0. The zero-order chi connectivity index (χ0) is 18.8. The molecule has 0 unspecified atom stereocenters. The molecule has 1 aliphatic heterocycles. The first-order valence-electron chi connectivity index (χ1n) is 9.56. The van der Waals surface area contributed by atoms with Crippen molar-refractivity contribution in [2.45, 2.75) is 25.8 Å². The van der Waals surface area contributed by atoms with Gasteiger partial charge < -0.3 is 9.88 Å². The summed E-state index contributed by atoms with van der Waals surface area (Å²) in [4.78, 5) is 17.0. The lowest BCUT2D eigenvalue weighted by Crippen LogP contribution is -2.36. The standard InChI is InChI=1S/C21H26FN5/c1-26(2)21-16(6-3-9-23-21)14-27-10-4-5-15(13-27)11-20-24-18-8-7-17(22)12-19(18)25-20/h3,6-9,12,15H,4-5,10-11,13-14H2,1-2H3,(H,24,25)/t15-/m0/s1. The van der Waals surface area contributed by atoms with E-state index in [1.165, 1.54) is 30.5 Å². The molecule has 0 radical (unpaired) electrons. The normalized spacial score (nSPS) is 18.1. The fraction of sp³-hybridized carbons (Fsp3) is 0.429. The Balaban J connectivity index is 1.43. The van der Waals surface area contributed by atoms with E-state index in [4.69, 9.17) is 0 Å². The molecule has 3 aromatic rings. The van der Waals surface area contributed by atoms with Crippen LogP contribution in [0.3, 0.4) is 0 Å². The van der Waals surface area contributed by atoms with Crippen LogP contribution in [-0.2, 0) is 13.0 Å². The van der Waals surface area contributed by atoms with Gasteiger partial charge in [0.2, 0.25) is 0 Å². The van der Waals surface area contributed by atoms with Crippen LogP contribution in [0.1, 0.15) is 24.2 Å². The van der Waals surface area contributed by atoms with E-state index >= 15 is 0 Å². The van der Waals surface area contributed by atoms with E-state index < -0.39 is 0 Å². The number of pyridine rings is 1. The summed E-state index contributed by atoms with van der Waals surface area (Å²) in [6.45, 7) is 3.08. The number of nitrogens with one attached hydrogen (secondary N) is 1. The van der Waals surface area contributed by atoms with Crippen molar-refractivity contribution in [3.8, 4) is 0 Å². The minimum atomic E-state index is -0.227. The van der Waals surface area contributed by atoms with E-state index in [1.807, 2.05) is 26.4 Å². The maximum Gasteiger partial charge on any atom is 0.132 e. The number of likely N-dealkylation sites (tertiary alicyclic amines) is 1. The zero-order valence-electron chi connectivity index (χ0n) is 16.0. The third-order valence-corrected chi connectivity index (χ3v) is 5.26. The van der Waals surface area contributed by atoms with Gasteiger partial charge in [0.15, 0.2) is 0 Å². The summed E-state index contributed by atoms with van der Waals surface area (Å²) >= 11 is 0. The van der Waals surface area contributed by atoms with E-state index in [9.17, 15) is 4.39 Å². The first-order chi connectivity index (χ1) is 13.1. The summed E-state index contributed by atoms with van der Waals surface area (Å²) in [5.41, 5.74) is 2.89. The third kappa shape index (κ3) is 4.11. The summed E-state index contributed by atoms with van der Waals surface area (Å²) in [6.07, 6.45) is 5.15. The molecule has 0 amide bonds. The van der Waals surface area contributed by atoms with Gasteiger partial charge in [0.25, 0.3) is 0 Å². The van der Waals surface area contributed by atoms with Gasteiger partial charge >= 0.3 is 0 Å². The van der Waals surface area contributed by atoms with Gasteiger partial charge in [0.05, 0.1) is 11.0 Å². The number of imidazole rings is 1. The van der Waals surface area contributed by atoms with Crippen LogP contribution in [0, 0.1) is 11.7 Å². The van der Waals surface area contributed by atoms with E-state index in [0.717, 1.165) is 48.7 Å². The second kappa shape index (κ2) is 7.64. The SMILES string of the molecule is CN(C)c1ncccc1CN1CCC[C@@H](Cc2nc3ccc(F)cc3[nH]2)C1. The van der Waals surface area contributed by atoms with E-state index in [-0.39, 0.29) is 5.82 Å². The van der Waals surface area contributed by atoms with Crippen LogP contribution in [0.4, 0.5) is 10.2 Å². The number of nitrogens with zero attached hydrogens (tertiary/aromatic N) is 4. The van der Waals surface area contributed by atoms with Crippen LogP contribution >= 0.6 is 0 Å². The van der Waals surface area contributed by atoms with Gasteiger partial charge in [0, 0.05) is 45.4 Å². The Morgan fingerprint density at radius 2 is 2.19 bits per heavy atom. The predicted octanol–water partition coefficient (Wildman–Crippen LogP) is 3.62. The van der Waals surface area contributed by atoms with Crippen molar-refractivity contribution in [1.82, 2.24) is 19.9 Å². The lowest BCUT2D eigenvalue weighted by molar-refractivity contribution is 0.166. The van der Waals surface area contributed by atoms with Gasteiger partial charge in [-0.15, -0.1) is 0 Å². The molecule has 0 bridgehead atoms. The van der Waals surface area contributed by atoms with Crippen LogP contribution in [0.25, 0.3) is 11.0 Å². The third-order valence-electron chi connectivity index (χ3n) is 5.26. The summed E-state index contributed by atoms with van der Waals surface area (Å²) in [7, 11) is 4.07. The number of fused-ring (bicyclic) bond motifs is 1. The highest BCUT2D eigenvalue weighted by Gasteiger charge is 2.22. The number of benzene rings is 1. The van der Waals surface area contributed by atoms with Gasteiger partial charge in [-0.25, -0.2) is 14.4 Å². The number of halogens is 1. The number of rotatable bonds is 5. The van der Waals surface area contributed by atoms with E-state index in [2.05, 4.69) is 30.8 Å². The molecule has 0 spiro atoms. The van der Waals surface area contributed by atoms with Crippen LogP contribution in [0.15, 0.2) is 36.5 Å². The minimum absolute atomic E-state index is 0.227. The average Bonchev–Trinajstić information content (AvgIpc) is 3.03. The maximum absolute atomic E-state index is 13.4. The van der Waals surface area contributed by atoms with Crippen molar-refractivity contribution in [3.05, 3.63) is 53.7 Å². The molecule has 5 nitrogen and oxygen atoms in total. The van der Waals surface area contributed by atoms with Gasteiger partial charge in [-0.3, -0.25) is 4.90 Å². The van der Waals surface area contributed by atoms with Crippen molar-refractivity contribution in [1.29, 1.82) is 0 Å². The second-order valence-electron chi connectivity index (χ2n) is 7.67. The number of anilines is 1. The number of piperidine rings is 1. The molecule has 0 aliphatic carbocycles.